The number of halogens is 2. The number of ether oxygens (including phenoxy) is 2. The molecule has 0 spiro atoms. The summed E-state index contributed by atoms with van der Waals surface area (Å²) in [7, 11) is 0. The maximum absolute atomic E-state index is 13.5. The summed E-state index contributed by atoms with van der Waals surface area (Å²) in [5, 5.41) is 2.74. The quantitative estimate of drug-likeness (QED) is 0.865. The molecule has 6 nitrogen and oxygen atoms in total. The second kappa shape index (κ2) is 8.06. The van der Waals surface area contributed by atoms with Gasteiger partial charge >= 0.3 is 0 Å². The summed E-state index contributed by atoms with van der Waals surface area (Å²) in [6, 6.07) is 3.61. The number of hydrogen-bond acceptors (Lipinski definition) is 5. The van der Waals surface area contributed by atoms with E-state index in [4.69, 9.17) is 13.9 Å². The number of carbonyl (C=O) groups is 1. The molecule has 1 aliphatic heterocycles. The van der Waals surface area contributed by atoms with E-state index >= 15 is 0 Å². The third-order valence-electron chi connectivity index (χ3n) is 3.82. The van der Waals surface area contributed by atoms with Crippen molar-refractivity contribution in [2.24, 2.45) is 0 Å². The van der Waals surface area contributed by atoms with E-state index in [0.717, 1.165) is 25.3 Å². The van der Waals surface area contributed by atoms with Gasteiger partial charge in [-0.25, -0.2) is 9.37 Å². The second-order valence-electron chi connectivity index (χ2n) is 5.67. The Hall–Kier alpha value is -2.48. The van der Waals surface area contributed by atoms with Crippen LogP contribution in [0.3, 0.4) is 0 Å². The second-order valence-corrected chi connectivity index (χ2v) is 5.67. The topological polar surface area (TPSA) is 73.6 Å². The fourth-order valence-corrected chi connectivity index (χ4v) is 2.48. The van der Waals surface area contributed by atoms with E-state index in [1.165, 1.54) is 18.4 Å². The standard InChI is InChI=1S/C17H18F2N2O4/c18-12-5-3-6-14(16(12)19)24-10-15-21-13(9-25-15)17(22)20-8-11-4-1-2-7-23-11/h3,5-6,9,11H,1-2,4,7-8,10H2,(H,20,22)/t11-/m0/s1. The van der Waals surface area contributed by atoms with Crippen LogP contribution in [-0.4, -0.2) is 30.1 Å². The lowest BCUT2D eigenvalue weighted by Gasteiger charge is -2.22. The van der Waals surface area contributed by atoms with Crippen LogP contribution in [0.4, 0.5) is 8.78 Å². The minimum atomic E-state index is -1.08. The highest BCUT2D eigenvalue weighted by Crippen LogP contribution is 2.20. The minimum Gasteiger partial charge on any atom is -0.481 e. The molecule has 1 aliphatic rings. The van der Waals surface area contributed by atoms with Crippen LogP contribution in [0.25, 0.3) is 0 Å². The lowest BCUT2D eigenvalue weighted by Crippen LogP contribution is -2.35. The number of nitrogens with one attached hydrogen (secondary N) is 1. The molecule has 1 amide bonds. The maximum Gasteiger partial charge on any atom is 0.273 e. The van der Waals surface area contributed by atoms with Crippen molar-refractivity contribution < 1.29 is 27.5 Å². The number of amides is 1. The van der Waals surface area contributed by atoms with E-state index in [1.54, 1.807) is 0 Å². The largest absolute Gasteiger partial charge is 0.481 e. The molecule has 1 N–H and O–H groups in total. The number of oxazole rings is 1. The molecule has 2 heterocycles. The Kier molecular flexibility index (Phi) is 5.60. The fraction of sp³-hybridized carbons (Fsp3) is 0.412. The van der Waals surface area contributed by atoms with Crippen molar-refractivity contribution in [3.05, 3.63) is 47.7 Å². The first kappa shape index (κ1) is 17.3. The zero-order chi connectivity index (χ0) is 17.6. The Bertz CT molecular complexity index is 729. The van der Waals surface area contributed by atoms with Gasteiger partial charge in [-0.15, -0.1) is 0 Å². The van der Waals surface area contributed by atoms with E-state index in [2.05, 4.69) is 10.3 Å². The fourth-order valence-electron chi connectivity index (χ4n) is 2.48. The summed E-state index contributed by atoms with van der Waals surface area (Å²) in [6.45, 7) is 0.897. The van der Waals surface area contributed by atoms with Gasteiger partial charge in [0, 0.05) is 13.2 Å². The Morgan fingerprint density at radius 1 is 1.36 bits per heavy atom. The molecule has 0 radical (unpaired) electrons. The van der Waals surface area contributed by atoms with Crippen LogP contribution >= 0.6 is 0 Å². The third kappa shape index (κ3) is 4.54. The van der Waals surface area contributed by atoms with Gasteiger partial charge in [-0.05, 0) is 31.4 Å². The van der Waals surface area contributed by atoms with Crippen molar-refractivity contribution in [1.82, 2.24) is 10.3 Å². The molecule has 1 fully saturated rings. The van der Waals surface area contributed by atoms with Crippen LogP contribution in [0.15, 0.2) is 28.9 Å². The summed E-state index contributed by atoms with van der Waals surface area (Å²) in [6.07, 6.45) is 4.25. The molecule has 2 aromatic rings. The molecule has 1 aromatic carbocycles. The van der Waals surface area contributed by atoms with Crippen molar-refractivity contribution in [2.75, 3.05) is 13.2 Å². The Morgan fingerprint density at radius 3 is 3.04 bits per heavy atom. The molecule has 25 heavy (non-hydrogen) atoms. The third-order valence-corrected chi connectivity index (χ3v) is 3.82. The number of nitrogens with zero attached hydrogens (tertiary/aromatic N) is 1. The highest BCUT2D eigenvalue weighted by Gasteiger charge is 2.18. The van der Waals surface area contributed by atoms with Crippen molar-refractivity contribution in [1.29, 1.82) is 0 Å². The highest BCUT2D eigenvalue weighted by atomic mass is 19.2. The van der Waals surface area contributed by atoms with E-state index in [9.17, 15) is 13.6 Å². The van der Waals surface area contributed by atoms with E-state index in [0.29, 0.717) is 13.2 Å². The summed E-state index contributed by atoms with van der Waals surface area (Å²) >= 11 is 0. The number of aromatic nitrogens is 1. The van der Waals surface area contributed by atoms with Gasteiger partial charge < -0.3 is 19.2 Å². The zero-order valence-corrected chi connectivity index (χ0v) is 13.5. The van der Waals surface area contributed by atoms with E-state index in [1.807, 2.05) is 0 Å². The Labute approximate surface area is 143 Å². The van der Waals surface area contributed by atoms with Gasteiger partial charge in [0.05, 0.1) is 6.10 Å². The predicted molar refractivity (Wildman–Crippen MR) is 83.1 cm³/mol. The van der Waals surface area contributed by atoms with Crippen LogP contribution in [0.5, 0.6) is 5.75 Å². The minimum absolute atomic E-state index is 0.0170. The van der Waals surface area contributed by atoms with Gasteiger partial charge in [0.1, 0.15) is 6.26 Å². The monoisotopic (exact) mass is 352 g/mol. The summed E-state index contributed by atoms with van der Waals surface area (Å²) in [5.41, 5.74) is 0.0918. The molecule has 134 valence electrons. The zero-order valence-electron chi connectivity index (χ0n) is 13.5. The van der Waals surface area contributed by atoms with Crippen molar-refractivity contribution in [3.63, 3.8) is 0 Å². The smallest absolute Gasteiger partial charge is 0.273 e. The molecule has 1 atom stereocenters. The van der Waals surface area contributed by atoms with Gasteiger partial charge in [-0.2, -0.15) is 4.39 Å². The summed E-state index contributed by atoms with van der Waals surface area (Å²) in [5.74, 6) is -2.64. The Balaban J connectivity index is 1.51. The molecule has 0 unspecified atom stereocenters. The predicted octanol–water partition coefficient (Wildman–Crippen LogP) is 2.83. The first-order chi connectivity index (χ1) is 12.1. The van der Waals surface area contributed by atoms with Crippen molar-refractivity contribution in [2.45, 2.75) is 32.0 Å². The number of rotatable bonds is 6. The normalized spacial score (nSPS) is 17.3. The molecule has 0 aliphatic carbocycles. The molecule has 1 saturated heterocycles. The van der Waals surface area contributed by atoms with Crippen LogP contribution in [-0.2, 0) is 11.3 Å². The van der Waals surface area contributed by atoms with Gasteiger partial charge in [0.25, 0.3) is 5.91 Å². The van der Waals surface area contributed by atoms with Gasteiger partial charge in [-0.1, -0.05) is 6.07 Å². The van der Waals surface area contributed by atoms with Gasteiger partial charge in [-0.3, -0.25) is 4.79 Å². The maximum atomic E-state index is 13.5. The van der Waals surface area contributed by atoms with E-state index in [-0.39, 0.29) is 36.0 Å². The SMILES string of the molecule is O=C(NC[C@@H]1CCCCO1)c1coc(COc2cccc(F)c2F)n1. The summed E-state index contributed by atoms with van der Waals surface area (Å²) in [4.78, 5) is 16.0. The summed E-state index contributed by atoms with van der Waals surface area (Å²) < 4.78 is 42.4. The molecule has 0 bridgehead atoms. The average molecular weight is 352 g/mol. The first-order valence-electron chi connectivity index (χ1n) is 8.04. The van der Waals surface area contributed by atoms with Gasteiger partial charge in [0.2, 0.25) is 11.7 Å². The van der Waals surface area contributed by atoms with Crippen molar-refractivity contribution >= 4 is 5.91 Å². The lowest BCUT2D eigenvalue weighted by molar-refractivity contribution is 0.0168. The van der Waals surface area contributed by atoms with Crippen LogP contribution < -0.4 is 10.1 Å². The first-order valence-corrected chi connectivity index (χ1v) is 8.04. The molecular formula is C17H18F2N2O4. The molecule has 3 rings (SSSR count). The van der Waals surface area contributed by atoms with E-state index < -0.39 is 11.6 Å². The molecule has 1 aromatic heterocycles. The molecule has 0 saturated carbocycles. The van der Waals surface area contributed by atoms with Crippen LogP contribution in [0, 0.1) is 11.6 Å². The van der Waals surface area contributed by atoms with Crippen molar-refractivity contribution in [3.8, 4) is 5.75 Å². The van der Waals surface area contributed by atoms with Gasteiger partial charge in [0.15, 0.2) is 23.9 Å². The van der Waals surface area contributed by atoms with Crippen LogP contribution in [0.2, 0.25) is 0 Å². The molecular weight excluding hydrogens is 334 g/mol. The number of benzene rings is 1. The average Bonchev–Trinajstić information content (AvgIpc) is 3.11. The Morgan fingerprint density at radius 2 is 2.24 bits per heavy atom. The number of carbonyl (C=O) groups excluding carboxylic acids is 1. The highest BCUT2D eigenvalue weighted by molar-refractivity contribution is 5.91. The number of hydrogen-bond donors (Lipinski definition) is 1. The molecule has 8 heteroatoms. The lowest BCUT2D eigenvalue weighted by atomic mass is 10.1. The van der Waals surface area contributed by atoms with Crippen LogP contribution in [0.1, 0.15) is 35.6 Å².